The molecule has 220 valence electrons. The van der Waals surface area contributed by atoms with Crippen LogP contribution in [0.4, 0.5) is 0 Å². The van der Waals surface area contributed by atoms with Crippen molar-refractivity contribution in [3.05, 3.63) is 30.1 Å². The van der Waals surface area contributed by atoms with E-state index in [1.165, 1.54) is 0 Å². The first-order chi connectivity index (χ1) is 19.3. The summed E-state index contributed by atoms with van der Waals surface area (Å²) >= 11 is 0. The Morgan fingerprint density at radius 3 is 2.05 bits per heavy atom. The molecule has 0 aromatic carbocycles. The summed E-state index contributed by atoms with van der Waals surface area (Å²) in [6, 6.07) is 3.47. The van der Waals surface area contributed by atoms with Gasteiger partial charge in [-0.1, -0.05) is 6.07 Å². The molecule has 1 aromatic rings. The van der Waals surface area contributed by atoms with Crippen LogP contribution in [0.3, 0.4) is 0 Å². The van der Waals surface area contributed by atoms with Crippen molar-refractivity contribution in [2.45, 2.75) is 51.0 Å². The highest BCUT2D eigenvalue weighted by molar-refractivity contribution is 5.90. The zero-order chi connectivity index (χ0) is 28.5. The number of rotatable bonds is 12. The first-order valence-electron chi connectivity index (χ1n) is 14.7. The van der Waals surface area contributed by atoms with Crippen LogP contribution in [0.1, 0.15) is 56.6 Å². The van der Waals surface area contributed by atoms with Crippen molar-refractivity contribution in [3.8, 4) is 0 Å². The lowest BCUT2D eigenvalue weighted by Crippen LogP contribution is -2.47. The molecule has 4 rings (SSSR count). The molecule has 11 heteroatoms. The number of aliphatic carboxylic acids is 1. The van der Waals surface area contributed by atoms with E-state index in [0.29, 0.717) is 38.8 Å². The predicted octanol–water partition coefficient (Wildman–Crippen LogP) is 1.12. The zero-order valence-corrected chi connectivity index (χ0v) is 23.6. The van der Waals surface area contributed by atoms with Gasteiger partial charge in [-0.3, -0.25) is 24.2 Å². The summed E-state index contributed by atoms with van der Waals surface area (Å²) in [6.07, 6.45) is 7.92. The van der Waals surface area contributed by atoms with Crippen molar-refractivity contribution < 1.29 is 24.3 Å². The molecule has 3 heterocycles. The van der Waals surface area contributed by atoms with Crippen LogP contribution in [-0.2, 0) is 19.2 Å². The second-order valence-corrected chi connectivity index (χ2v) is 11.4. The fourth-order valence-electron chi connectivity index (χ4n) is 6.25. The van der Waals surface area contributed by atoms with E-state index in [4.69, 9.17) is 5.11 Å². The average molecular weight is 557 g/mol. The highest BCUT2D eigenvalue weighted by atomic mass is 16.4. The largest absolute Gasteiger partial charge is 0.481 e. The van der Waals surface area contributed by atoms with Gasteiger partial charge in [0.25, 0.3) is 0 Å². The second-order valence-electron chi connectivity index (χ2n) is 11.4. The van der Waals surface area contributed by atoms with Crippen molar-refractivity contribution in [2.24, 2.45) is 17.8 Å². The van der Waals surface area contributed by atoms with Gasteiger partial charge in [-0.25, -0.2) is 0 Å². The summed E-state index contributed by atoms with van der Waals surface area (Å²) in [6.45, 7) is 7.06. The van der Waals surface area contributed by atoms with Crippen LogP contribution in [0, 0.1) is 17.8 Å². The molecule has 1 saturated carbocycles. The van der Waals surface area contributed by atoms with Crippen molar-refractivity contribution in [1.82, 2.24) is 30.3 Å². The molecule has 1 aromatic heterocycles. The number of hydrogen-bond donors (Lipinski definition) is 3. The Bertz CT molecular complexity index is 1010. The van der Waals surface area contributed by atoms with E-state index in [0.717, 1.165) is 57.7 Å². The third-order valence-electron chi connectivity index (χ3n) is 8.76. The molecular weight excluding hydrogens is 512 g/mol. The molecule has 0 bridgehead atoms. The van der Waals surface area contributed by atoms with Crippen LogP contribution >= 0.6 is 0 Å². The third-order valence-corrected chi connectivity index (χ3v) is 8.76. The van der Waals surface area contributed by atoms with Crippen molar-refractivity contribution in [3.63, 3.8) is 0 Å². The monoisotopic (exact) mass is 556 g/mol. The first-order valence-corrected chi connectivity index (χ1v) is 14.7. The minimum Gasteiger partial charge on any atom is -0.481 e. The molecule has 0 spiro atoms. The van der Waals surface area contributed by atoms with Crippen LogP contribution in [0.5, 0.6) is 0 Å². The van der Waals surface area contributed by atoms with Gasteiger partial charge in [-0.05, 0) is 63.2 Å². The number of pyridine rings is 1. The van der Waals surface area contributed by atoms with E-state index in [1.807, 2.05) is 12.1 Å². The summed E-state index contributed by atoms with van der Waals surface area (Å²) < 4.78 is 0. The smallest absolute Gasteiger partial charge is 0.306 e. The van der Waals surface area contributed by atoms with Gasteiger partial charge in [0.1, 0.15) is 0 Å². The SMILES string of the molecule is CN1C(=O)C[C@H](C(=O)NCCCN2CCN(CCCNC(=O)C3CCC(C(=O)O)CC3)CC2)[C@H]1c1cccnc1. The van der Waals surface area contributed by atoms with E-state index in [2.05, 4.69) is 25.4 Å². The van der Waals surface area contributed by atoms with E-state index in [9.17, 15) is 19.2 Å². The maximum atomic E-state index is 12.9. The van der Waals surface area contributed by atoms with E-state index in [1.54, 1.807) is 24.3 Å². The van der Waals surface area contributed by atoms with E-state index < -0.39 is 11.9 Å². The number of carboxylic acids is 1. The number of carboxylic acid groups (broad SMARTS) is 1. The van der Waals surface area contributed by atoms with Gasteiger partial charge in [-0.15, -0.1) is 0 Å². The Labute approximate surface area is 236 Å². The Balaban J connectivity index is 1.05. The lowest BCUT2D eigenvalue weighted by atomic mass is 9.81. The summed E-state index contributed by atoms with van der Waals surface area (Å²) in [4.78, 5) is 59.4. The van der Waals surface area contributed by atoms with E-state index >= 15 is 0 Å². The van der Waals surface area contributed by atoms with Gasteiger partial charge in [0.2, 0.25) is 17.7 Å². The standard InChI is InChI=1S/C29H44N6O5/c1-33-25(36)19-24(26(33)23-5-2-10-30-20-23)28(38)32-12-4-14-35-17-15-34(16-18-35)13-3-11-31-27(37)21-6-8-22(9-7-21)29(39)40/h2,5,10,20-22,24,26H,3-4,6-9,11-19H2,1H3,(H,31,37)(H,32,38)(H,39,40)/t21?,22?,24-,26+/m0/s1. The molecule has 3 N–H and O–H groups in total. The van der Waals surface area contributed by atoms with Gasteiger partial charge in [-0.2, -0.15) is 0 Å². The molecule has 0 unspecified atom stereocenters. The first kappa shape index (κ1) is 29.9. The average Bonchev–Trinajstić information content (AvgIpc) is 3.28. The molecule has 0 radical (unpaired) electrons. The van der Waals surface area contributed by atoms with E-state index in [-0.39, 0.29) is 42.0 Å². The minimum absolute atomic E-state index is 0.0193. The molecule has 2 atom stereocenters. The molecule has 11 nitrogen and oxygen atoms in total. The van der Waals surface area contributed by atoms with Crippen molar-refractivity contribution in [2.75, 3.05) is 59.4 Å². The lowest BCUT2D eigenvalue weighted by Gasteiger charge is -2.34. The predicted molar refractivity (Wildman–Crippen MR) is 149 cm³/mol. The Morgan fingerprint density at radius 1 is 0.925 bits per heavy atom. The number of nitrogens with zero attached hydrogens (tertiary/aromatic N) is 4. The number of nitrogens with one attached hydrogen (secondary N) is 2. The fraction of sp³-hybridized carbons (Fsp3) is 0.690. The minimum atomic E-state index is -0.743. The number of aromatic nitrogens is 1. The normalized spacial score (nSPS) is 26.0. The Kier molecular flexibility index (Phi) is 10.9. The van der Waals surface area contributed by atoms with Crippen LogP contribution in [0.15, 0.2) is 24.5 Å². The van der Waals surface area contributed by atoms with Crippen LogP contribution in [0.25, 0.3) is 0 Å². The quantitative estimate of drug-likeness (QED) is 0.326. The second kappa shape index (κ2) is 14.5. The molecule has 40 heavy (non-hydrogen) atoms. The maximum absolute atomic E-state index is 12.9. The highest BCUT2D eigenvalue weighted by Gasteiger charge is 2.42. The summed E-state index contributed by atoms with van der Waals surface area (Å²) in [5, 5.41) is 15.2. The number of piperazine rings is 1. The number of likely N-dealkylation sites (tertiary alicyclic amines) is 1. The lowest BCUT2D eigenvalue weighted by molar-refractivity contribution is -0.144. The maximum Gasteiger partial charge on any atom is 0.306 e. The molecule has 2 aliphatic heterocycles. The molecule has 2 saturated heterocycles. The zero-order valence-electron chi connectivity index (χ0n) is 23.6. The van der Waals surface area contributed by atoms with Gasteiger partial charge in [0.15, 0.2) is 0 Å². The van der Waals surface area contributed by atoms with Gasteiger partial charge in [0, 0.05) is 71.0 Å². The summed E-state index contributed by atoms with van der Waals surface area (Å²) in [7, 11) is 1.75. The molecule has 3 amide bonds. The summed E-state index contributed by atoms with van der Waals surface area (Å²) in [5.74, 6) is -1.51. The van der Waals surface area contributed by atoms with Crippen molar-refractivity contribution in [1.29, 1.82) is 0 Å². The van der Waals surface area contributed by atoms with Gasteiger partial charge in [0.05, 0.1) is 17.9 Å². The number of carbonyl (C=O) groups is 4. The van der Waals surface area contributed by atoms with Gasteiger partial charge < -0.3 is 30.4 Å². The Hall–Kier alpha value is -3.05. The number of carbonyl (C=O) groups excluding carboxylic acids is 3. The number of amides is 3. The van der Waals surface area contributed by atoms with Crippen molar-refractivity contribution >= 4 is 23.7 Å². The fourth-order valence-corrected chi connectivity index (χ4v) is 6.25. The van der Waals surface area contributed by atoms with Crippen LogP contribution < -0.4 is 10.6 Å². The van der Waals surface area contributed by atoms with Crippen LogP contribution in [-0.4, -0.2) is 108 Å². The number of hydrogen-bond acceptors (Lipinski definition) is 7. The third kappa shape index (κ3) is 8.00. The topological polar surface area (TPSA) is 135 Å². The molecule has 3 aliphatic rings. The molecular formula is C29H44N6O5. The summed E-state index contributed by atoms with van der Waals surface area (Å²) in [5.41, 5.74) is 0.885. The highest BCUT2D eigenvalue weighted by Crippen LogP contribution is 2.36. The molecule has 3 fully saturated rings. The Morgan fingerprint density at radius 2 is 1.50 bits per heavy atom. The van der Waals surface area contributed by atoms with Crippen LogP contribution in [0.2, 0.25) is 0 Å². The van der Waals surface area contributed by atoms with Gasteiger partial charge >= 0.3 is 5.97 Å². The molecule has 1 aliphatic carbocycles.